The normalized spacial score (nSPS) is 29.1. The maximum atomic E-state index is 12.8. The van der Waals surface area contributed by atoms with Crippen molar-refractivity contribution in [2.24, 2.45) is 11.8 Å². The summed E-state index contributed by atoms with van der Waals surface area (Å²) in [7, 11) is 0. The number of nitrogens with one attached hydrogen (secondary N) is 2. The number of hydrogen-bond acceptors (Lipinski definition) is 5. The van der Waals surface area contributed by atoms with Gasteiger partial charge in [0.2, 0.25) is 5.91 Å². The number of hydrogen-bond donors (Lipinski definition) is 2. The Morgan fingerprint density at radius 3 is 3.07 bits per heavy atom. The Balaban J connectivity index is 0.00000192. The third kappa shape index (κ3) is 3.14. The lowest BCUT2D eigenvalue weighted by Crippen LogP contribution is -2.66. The van der Waals surface area contributed by atoms with E-state index in [1.807, 2.05) is 0 Å². The Hall–Kier alpha value is -2.19. The molecule has 3 fully saturated rings. The highest BCUT2D eigenvalue weighted by molar-refractivity contribution is 5.99. The topological polar surface area (TPSA) is 91.6 Å². The quantitative estimate of drug-likeness (QED) is 0.792. The number of fused-ring (bicyclic) bond motifs is 5. The maximum Gasteiger partial charge on any atom is 0.256 e. The van der Waals surface area contributed by atoms with Crippen molar-refractivity contribution in [3.63, 3.8) is 0 Å². The highest BCUT2D eigenvalue weighted by Crippen LogP contribution is 2.39. The van der Waals surface area contributed by atoms with E-state index >= 15 is 0 Å². The molecular formula is C19H25ClN6O2. The molecule has 2 aromatic heterocycles. The van der Waals surface area contributed by atoms with Gasteiger partial charge in [-0.2, -0.15) is 5.10 Å². The average Bonchev–Trinajstić information content (AvgIpc) is 3.13. The Bertz CT molecular complexity index is 886. The average molecular weight is 405 g/mol. The van der Waals surface area contributed by atoms with E-state index in [2.05, 4.69) is 25.6 Å². The molecule has 0 aliphatic carbocycles. The van der Waals surface area contributed by atoms with Crippen molar-refractivity contribution < 1.29 is 9.59 Å². The summed E-state index contributed by atoms with van der Waals surface area (Å²) < 4.78 is 1.59. The third-order valence-electron chi connectivity index (χ3n) is 6.40. The van der Waals surface area contributed by atoms with Gasteiger partial charge in [0.25, 0.3) is 5.91 Å². The van der Waals surface area contributed by atoms with Crippen molar-refractivity contribution in [2.75, 3.05) is 19.6 Å². The van der Waals surface area contributed by atoms with Gasteiger partial charge >= 0.3 is 0 Å². The zero-order valence-corrected chi connectivity index (χ0v) is 16.4. The van der Waals surface area contributed by atoms with Gasteiger partial charge in [-0.1, -0.05) is 0 Å². The van der Waals surface area contributed by atoms with Crippen LogP contribution in [0.5, 0.6) is 0 Å². The highest BCUT2D eigenvalue weighted by Gasteiger charge is 2.47. The summed E-state index contributed by atoms with van der Waals surface area (Å²) in [6, 6.07) is 2.15. The molecule has 0 unspecified atom stereocenters. The zero-order chi connectivity index (χ0) is 18.4. The molecule has 2 aromatic rings. The summed E-state index contributed by atoms with van der Waals surface area (Å²) in [5.41, 5.74) is 1.01. The first-order valence-corrected chi connectivity index (χ1v) is 9.81. The molecular weight excluding hydrogens is 380 g/mol. The second-order valence-corrected chi connectivity index (χ2v) is 7.90. The maximum absolute atomic E-state index is 12.8. The summed E-state index contributed by atoms with van der Waals surface area (Å²) >= 11 is 0. The molecule has 4 atom stereocenters. The molecule has 8 nitrogen and oxygen atoms in total. The second-order valence-electron chi connectivity index (χ2n) is 7.90. The van der Waals surface area contributed by atoms with Gasteiger partial charge in [0.05, 0.1) is 12.2 Å². The van der Waals surface area contributed by atoms with Crippen LogP contribution in [0.2, 0.25) is 0 Å². The number of rotatable bonds is 3. The van der Waals surface area contributed by atoms with Crippen molar-refractivity contribution in [1.82, 2.24) is 30.1 Å². The van der Waals surface area contributed by atoms with Crippen LogP contribution in [0.15, 0.2) is 24.7 Å². The van der Waals surface area contributed by atoms with Gasteiger partial charge < -0.3 is 15.5 Å². The SMILES string of the molecule is Cl.O=C(NC[C@H]1[C@@H]2CNC[C@@H](C2)[C@@H]2CCCC(=O)N21)c1cnn2cccnc12. The first-order chi connectivity index (χ1) is 13.2. The van der Waals surface area contributed by atoms with Crippen molar-refractivity contribution in [3.8, 4) is 0 Å². The van der Waals surface area contributed by atoms with Crippen molar-refractivity contribution >= 4 is 29.9 Å². The molecule has 9 heteroatoms. The molecule has 0 spiro atoms. The van der Waals surface area contributed by atoms with Gasteiger partial charge in [-0.15, -0.1) is 12.4 Å². The number of aromatic nitrogens is 3. The molecule has 5 heterocycles. The molecule has 3 aliphatic heterocycles. The van der Waals surface area contributed by atoms with Gasteiger partial charge in [0, 0.05) is 37.9 Å². The van der Waals surface area contributed by atoms with Crippen molar-refractivity contribution in [1.29, 1.82) is 0 Å². The molecule has 0 radical (unpaired) electrons. The summed E-state index contributed by atoms with van der Waals surface area (Å²) in [5.74, 6) is 1.00. The standard InChI is InChI=1S/C19H24N6O2.ClH/c26-17-4-1-3-15-12-7-13(9-20-8-12)16(25(15)17)11-22-19(27)14-10-23-24-6-2-5-21-18(14)24;/h2,5-6,10,12-13,15-16,20H,1,3-4,7-9,11H2,(H,22,27);1H/t12-,13+,15+,16+;/m1./s1. The Morgan fingerprint density at radius 1 is 1.32 bits per heavy atom. The van der Waals surface area contributed by atoms with Gasteiger partial charge in [0.15, 0.2) is 5.65 Å². The lowest BCUT2D eigenvalue weighted by molar-refractivity contribution is -0.148. The Labute approximate surface area is 169 Å². The second kappa shape index (κ2) is 7.67. The summed E-state index contributed by atoms with van der Waals surface area (Å²) in [5, 5.41) is 10.8. The Morgan fingerprint density at radius 2 is 2.18 bits per heavy atom. The fourth-order valence-corrected chi connectivity index (χ4v) is 5.18. The van der Waals surface area contributed by atoms with Gasteiger partial charge in [-0.25, -0.2) is 9.50 Å². The Kier molecular flexibility index (Phi) is 5.25. The number of nitrogens with zero attached hydrogens (tertiary/aromatic N) is 4. The smallest absolute Gasteiger partial charge is 0.256 e. The van der Waals surface area contributed by atoms with Gasteiger partial charge in [-0.05, 0) is 43.7 Å². The van der Waals surface area contributed by atoms with E-state index in [0.29, 0.717) is 42.1 Å². The molecule has 150 valence electrons. The van der Waals surface area contributed by atoms with E-state index in [-0.39, 0.29) is 30.3 Å². The zero-order valence-electron chi connectivity index (χ0n) is 15.6. The summed E-state index contributed by atoms with van der Waals surface area (Å²) in [6.07, 6.45) is 8.80. The van der Waals surface area contributed by atoms with Crippen molar-refractivity contribution in [2.45, 2.75) is 37.8 Å². The molecule has 28 heavy (non-hydrogen) atoms. The monoisotopic (exact) mass is 404 g/mol. The predicted octanol–water partition coefficient (Wildman–Crippen LogP) is 0.870. The van der Waals surface area contributed by atoms with Crippen LogP contribution in [0, 0.1) is 11.8 Å². The van der Waals surface area contributed by atoms with Crippen LogP contribution in [0.3, 0.4) is 0 Å². The van der Waals surface area contributed by atoms with E-state index in [4.69, 9.17) is 0 Å². The van der Waals surface area contributed by atoms with E-state index in [0.717, 1.165) is 32.4 Å². The molecule has 2 bridgehead atoms. The van der Waals surface area contributed by atoms with Crippen LogP contribution in [0.1, 0.15) is 36.0 Å². The van der Waals surface area contributed by atoms with Crippen LogP contribution in [-0.4, -0.2) is 63.0 Å². The van der Waals surface area contributed by atoms with Crippen LogP contribution in [-0.2, 0) is 4.79 Å². The minimum atomic E-state index is -0.185. The van der Waals surface area contributed by atoms with Crippen LogP contribution >= 0.6 is 12.4 Å². The van der Waals surface area contributed by atoms with Crippen LogP contribution < -0.4 is 10.6 Å². The number of piperidine rings is 3. The fraction of sp³-hybridized carbons (Fsp3) is 0.579. The molecule has 2 N–H and O–H groups in total. The highest BCUT2D eigenvalue weighted by atomic mass is 35.5. The molecule has 0 aromatic carbocycles. The number of amides is 2. The molecule has 3 aliphatic rings. The van der Waals surface area contributed by atoms with Crippen LogP contribution in [0.25, 0.3) is 5.65 Å². The molecule has 3 saturated heterocycles. The third-order valence-corrected chi connectivity index (χ3v) is 6.40. The summed E-state index contributed by atoms with van der Waals surface area (Å²) in [4.78, 5) is 31.8. The number of carbonyl (C=O) groups is 2. The van der Waals surface area contributed by atoms with E-state index in [1.165, 1.54) is 0 Å². The van der Waals surface area contributed by atoms with Gasteiger partial charge in [-0.3, -0.25) is 9.59 Å². The lowest BCUT2D eigenvalue weighted by atomic mass is 9.72. The van der Waals surface area contributed by atoms with E-state index in [9.17, 15) is 9.59 Å². The number of halogens is 1. The molecule has 0 saturated carbocycles. The fourth-order valence-electron chi connectivity index (χ4n) is 5.18. The molecule has 5 rings (SSSR count). The molecule has 2 amide bonds. The summed E-state index contributed by atoms with van der Waals surface area (Å²) in [6.45, 7) is 2.38. The van der Waals surface area contributed by atoms with E-state index < -0.39 is 0 Å². The number of carbonyl (C=O) groups excluding carboxylic acids is 2. The van der Waals surface area contributed by atoms with Crippen molar-refractivity contribution in [3.05, 3.63) is 30.2 Å². The first kappa shape index (κ1) is 19.1. The minimum absolute atomic E-state index is 0. The van der Waals surface area contributed by atoms with Crippen LogP contribution in [0.4, 0.5) is 0 Å². The van der Waals surface area contributed by atoms with E-state index in [1.54, 1.807) is 29.2 Å². The lowest BCUT2D eigenvalue weighted by Gasteiger charge is -2.54. The largest absolute Gasteiger partial charge is 0.350 e. The minimum Gasteiger partial charge on any atom is -0.350 e. The van der Waals surface area contributed by atoms with Gasteiger partial charge in [0.1, 0.15) is 5.56 Å². The first-order valence-electron chi connectivity index (χ1n) is 9.81. The predicted molar refractivity (Wildman–Crippen MR) is 105 cm³/mol.